The first-order valence-electron chi connectivity index (χ1n) is 5.56. The number of aromatic nitrogens is 4. The van der Waals surface area contributed by atoms with E-state index in [9.17, 15) is 5.11 Å². The van der Waals surface area contributed by atoms with Crippen molar-refractivity contribution in [1.29, 1.82) is 0 Å². The second-order valence-corrected chi connectivity index (χ2v) is 6.27. The molecule has 0 saturated carbocycles. The van der Waals surface area contributed by atoms with Crippen molar-refractivity contribution in [1.82, 2.24) is 19.5 Å². The van der Waals surface area contributed by atoms with Gasteiger partial charge in [0.05, 0.1) is 0 Å². The average Bonchev–Trinajstić information content (AvgIpc) is 2.84. The van der Waals surface area contributed by atoms with Gasteiger partial charge in [-0.3, -0.25) is 0 Å². The van der Waals surface area contributed by atoms with Crippen LogP contribution in [0.2, 0.25) is 10.6 Å². The van der Waals surface area contributed by atoms with E-state index in [0.29, 0.717) is 31.9 Å². The quantitative estimate of drug-likeness (QED) is 0.747. The summed E-state index contributed by atoms with van der Waals surface area (Å²) in [6, 6.07) is 0. The minimum atomic E-state index is -0.116. The van der Waals surface area contributed by atoms with E-state index in [1.165, 1.54) is 6.33 Å². The summed E-state index contributed by atoms with van der Waals surface area (Å²) in [5.74, 6) is 0.374. The minimum absolute atomic E-state index is 0.0575. The molecule has 3 rings (SSSR count). The van der Waals surface area contributed by atoms with Crippen molar-refractivity contribution < 1.29 is 9.84 Å². The molecule has 1 aliphatic rings. The van der Waals surface area contributed by atoms with Crippen LogP contribution >= 0.6 is 0 Å². The molecule has 0 unspecified atom stereocenters. The fourth-order valence-corrected chi connectivity index (χ4v) is 4.07. The zero-order chi connectivity index (χ0) is 12.5. The Morgan fingerprint density at radius 1 is 1.44 bits per heavy atom. The molecule has 3 heterocycles. The summed E-state index contributed by atoms with van der Waals surface area (Å²) in [6.45, 7) is 0.0575. The van der Waals surface area contributed by atoms with Crippen LogP contribution in [0, 0.1) is 0 Å². The Hall–Kier alpha value is -1.21. The van der Waals surface area contributed by atoms with Crippen molar-refractivity contribution in [3.05, 3.63) is 12.7 Å². The molecule has 0 amide bonds. The Morgan fingerprint density at radius 2 is 2.33 bits per heavy atom. The van der Waals surface area contributed by atoms with Crippen molar-refractivity contribution in [3.8, 4) is 0 Å². The van der Waals surface area contributed by atoms with E-state index < -0.39 is 0 Å². The first-order chi connectivity index (χ1) is 8.79. The van der Waals surface area contributed by atoms with Gasteiger partial charge in [0.15, 0.2) is 0 Å². The molecule has 96 valence electrons. The van der Waals surface area contributed by atoms with Crippen molar-refractivity contribution in [3.63, 3.8) is 0 Å². The Morgan fingerprint density at radius 3 is 3.17 bits per heavy atom. The van der Waals surface area contributed by atoms with E-state index >= 15 is 0 Å². The molecule has 0 bridgehead atoms. The van der Waals surface area contributed by atoms with Gasteiger partial charge in [0, 0.05) is 0 Å². The third-order valence-corrected chi connectivity index (χ3v) is 5.18. The van der Waals surface area contributed by atoms with E-state index in [0.717, 1.165) is 10.6 Å². The van der Waals surface area contributed by atoms with Crippen LogP contribution in [-0.2, 0) is 4.74 Å². The van der Waals surface area contributed by atoms with Gasteiger partial charge in [-0.25, -0.2) is 0 Å². The molecule has 2 atom stereocenters. The number of imidazole rings is 1. The van der Waals surface area contributed by atoms with Crippen LogP contribution in [0.15, 0.2) is 12.7 Å². The van der Waals surface area contributed by atoms with Gasteiger partial charge in [-0.1, -0.05) is 0 Å². The van der Waals surface area contributed by atoms with Gasteiger partial charge in [0.1, 0.15) is 0 Å². The Bertz CT molecular complexity index is 560. The zero-order valence-electron chi connectivity index (χ0n) is 9.56. The zero-order valence-corrected chi connectivity index (χ0v) is 11.3. The summed E-state index contributed by atoms with van der Waals surface area (Å²) in [7, 11) is 0. The van der Waals surface area contributed by atoms with Crippen LogP contribution in [0.1, 0.15) is 6.23 Å². The number of aliphatic hydroxyl groups is 1. The van der Waals surface area contributed by atoms with Crippen LogP contribution in [0.25, 0.3) is 11.2 Å². The number of hydrogen-bond acceptors (Lipinski definition) is 6. The van der Waals surface area contributed by atoms with Gasteiger partial charge in [0.25, 0.3) is 0 Å². The van der Waals surface area contributed by atoms with Gasteiger partial charge in [-0.2, -0.15) is 0 Å². The van der Waals surface area contributed by atoms with Crippen LogP contribution in [-0.4, -0.2) is 52.3 Å². The first kappa shape index (κ1) is 11.9. The summed E-state index contributed by atoms with van der Waals surface area (Å²) in [6.07, 6.45) is 2.90. The van der Waals surface area contributed by atoms with E-state index in [4.69, 9.17) is 10.5 Å². The number of nitrogens with zero attached hydrogens (tertiary/aromatic N) is 4. The molecule has 1 aliphatic heterocycles. The number of fused-ring (bicyclic) bond motifs is 1. The third-order valence-electron chi connectivity index (χ3n) is 2.81. The fraction of sp³-hybridized carbons (Fsp3) is 0.500. The monoisotopic (exact) mass is 315 g/mol. The van der Waals surface area contributed by atoms with Crippen molar-refractivity contribution in [2.45, 2.75) is 23.0 Å². The third kappa shape index (κ3) is 1.97. The van der Waals surface area contributed by atoms with Crippen molar-refractivity contribution >= 4 is 31.9 Å². The van der Waals surface area contributed by atoms with Crippen LogP contribution in [0.4, 0.5) is 5.82 Å². The molecule has 18 heavy (non-hydrogen) atoms. The normalized spacial score (nSPS) is 24.5. The summed E-state index contributed by atoms with van der Waals surface area (Å²) < 4.78 is 7.69. The molecule has 2 aromatic heterocycles. The van der Waals surface area contributed by atoms with Crippen molar-refractivity contribution in [2.24, 2.45) is 0 Å². The summed E-state index contributed by atoms with van der Waals surface area (Å²) in [5.41, 5.74) is 7.03. The van der Waals surface area contributed by atoms with E-state index in [1.54, 1.807) is 6.33 Å². The number of ether oxygens (including phenoxy) is 1. The molecule has 0 aliphatic carbocycles. The van der Waals surface area contributed by atoms with Crippen molar-refractivity contribution in [2.75, 3.05) is 12.3 Å². The van der Waals surface area contributed by atoms with Gasteiger partial charge in [-0.15, -0.1) is 0 Å². The first-order valence-corrected chi connectivity index (χ1v) is 7.99. The summed E-state index contributed by atoms with van der Waals surface area (Å²) in [5, 5.41) is 11.1. The van der Waals surface area contributed by atoms with Gasteiger partial charge < -0.3 is 0 Å². The number of rotatable bonds is 2. The summed E-state index contributed by atoms with van der Waals surface area (Å²) in [4.78, 5) is 12.3. The fourth-order valence-electron chi connectivity index (χ4n) is 1.92. The molecule has 1 saturated heterocycles. The average molecular weight is 314 g/mol. The molecule has 0 spiro atoms. The Kier molecular flexibility index (Phi) is 3.17. The van der Waals surface area contributed by atoms with E-state index in [2.05, 4.69) is 15.0 Å². The molecule has 1 fully saturated rings. The Balaban J connectivity index is 1.96. The van der Waals surface area contributed by atoms with Gasteiger partial charge in [-0.05, 0) is 0 Å². The van der Waals surface area contributed by atoms with E-state index in [-0.39, 0.29) is 18.9 Å². The number of nitrogen functional groups attached to an aromatic ring is 1. The number of nitrogens with two attached hydrogens (primary N) is 1. The van der Waals surface area contributed by atoms with Gasteiger partial charge in [0.2, 0.25) is 0 Å². The topological polar surface area (TPSA) is 99.1 Å². The Labute approximate surface area is 110 Å². The predicted octanol–water partition coefficient (Wildman–Crippen LogP) is -0.161. The number of anilines is 1. The number of hydrogen-bond donors (Lipinski definition) is 2. The molecule has 2 aromatic rings. The van der Waals surface area contributed by atoms with Crippen LogP contribution < -0.4 is 5.73 Å². The standard InChI is InChI=1S/C10H13N5O2Se/c11-9-8-10(13-4-12-9)15(5-14-8)7-3-18-2-6(1-16)17-7/h4-7,16H,1-3H2,(H2,11,12,13)/t6-,7-/m1/s1. The summed E-state index contributed by atoms with van der Waals surface area (Å²) >= 11 is 0.464. The molecule has 7 nitrogen and oxygen atoms in total. The maximum absolute atomic E-state index is 9.18. The van der Waals surface area contributed by atoms with Crippen LogP contribution in [0.5, 0.6) is 0 Å². The van der Waals surface area contributed by atoms with Crippen LogP contribution in [0.3, 0.4) is 0 Å². The molecule has 3 N–H and O–H groups in total. The molecular weight excluding hydrogens is 301 g/mol. The maximum atomic E-state index is 9.18. The molecule has 0 aromatic carbocycles. The van der Waals surface area contributed by atoms with E-state index in [1.807, 2.05) is 4.57 Å². The molecule has 8 heteroatoms. The second-order valence-electron chi connectivity index (χ2n) is 4.02. The second kappa shape index (κ2) is 4.81. The number of aliphatic hydroxyl groups excluding tert-OH is 1. The SMILES string of the molecule is Nc1ncnc2c1ncn2[C@H]1C[Se]C[C@@H](CO)O1. The molecular formula is C10H13N5O2Se. The molecule has 0 radical (unpaired) electrons. The predicted molar refractivity (Wildman–Crippen MR) is 66.1 cm³/mol. The van der Waals surface area contributed by atoms with Gasteiger partial charge >= 0.3 is 109 Å².